The van der Waals surface area contributed by atoms with E-state index in [-0.39, 0.29) is 12.5 Å². The Labute approximate surface area is 216 Å². The topological polar surface area (TPSA) is 111 Å². The van der Waals surface area contributed by atoms with Gasteiger partial charge in [-0.25, -0.2) is 4.79 Å². The number of nitrogens with one attached hydrogen (secondary N) is 2. The van der Waals surface area contributed by atoms with E-state index < -0.39 is 11.9 Å². The van der Waals surface area contributed by atoms with Crippen LogP contribution in [-0.4, -0.2) is 66.4 Å². The summed E-state index contributed by atoms with van der Waals surface area (Å²) in [5.41, 5.74) is 2.20. The molecule has 9 heteroatoms. The Hall–Kier alpha value is -4.21. The number of carboxylic acid groups (broad SMARTS) is 1. The monoisotopic (exact) mass is 504 g/mol. The van der Waals surface area contributed by atoms with Crippen LogP contribution in [0.25, 0.3) is 0 Å². The number of hydrogen-bond donors (Lipinski definition) is 3. The molecule has 0 saturated carbocycles. The Kier molecular flexibility index (Phi) is 10.2. The van der Waals surface area contributed by atoms with Crippen LogP contribution in [0.5, 0.6) is 11.5 Å². The number of rotatable bonds is 12. The number of ether oxygens (including phenoxy) is 1. The average Bonchev–Trinajstić information content (AvgIpc) is 2.87. The van der Waals surface area contributed by atoms with Crippen LogP contribution in [0.1, 0.15) is 12.0 Å². The summed E-state index contributed by atoms with van der Waals surface area (Å²) < 4.78 is 5.77. The molecule has 0 aliphatic rings. The summed E-state index contributed by atoms with van der Waals surface area (Å²) in [4.78, 5) is 38.4. The Morgan fingerprint density at radius 2 is 1.32 bits per heavy atom. The first-order valence-electron chi connectivity index (χ1n) is 11.9. The van der Waals surface area contributed by atoms with Crippen molar-refractivity contribution < 1.29 is 24.2 Å². The standard InChI is InChI=1S/C28H32N4O5/c1-31(19-21-9-11-23(12-10-21)30-27(34)28(35)36)17-6-18-32(2)20-26(33)29-22-13-15-25(16-14-22)37-24-7-4-3-5-8-24/h3-5,7-16H,6,17-20H2,1-2H3,(H,29,33)(H,30,34)(H,35,36). The minimum absolute atomic E-state index is 0.0809. The molecule has 37 heavy (non-hydrogen) atoms. The smallest absolute Gasteiger partial charge is 0.394 e. The molecule has 3 aromatic rings. The zero-order valence-electron chi connectivity index (χ0n) is 21.0. The van der Waals surface area contributed by atoms with Crippen LogP contribution in [0.4, 0.5) is 11.4 Å². The van der Waals surface area contributed by atoms with E-state index in [1.165, 1.54) is 0 Å². The predicted molar refractivity (Wildman–Crippen MR) is 143 cm³/mol. The van der Waals surface area contributed by atoms with E-state index in [0.717, 1.165) is 30.8 Å². The van der Waals surface area contributed by atoms with Crippen LogP contribution in [0.15, 0.2) is 78.9 Å². The maximum Gasteiger partial charge on any atom is 0.394 e. The number of carboxylic acids is 1. The number of hydrogen-bond acceptors (Lipinski definition) is 6. The van der Waals surface area contributed by atoms with Crippen molar-refractivity contribution in [3.8, 4) is 11.5 Å². The molecule has 0 saturated heterocycles. The number of likely N-dealkylation sites (N-methyl/N-ethyl adjacent to an activating group) is 1. The van der Waals surface area contributed by atoms with Gasteiger partial charge in [-0.2, -0.15) is 0 Å². The van der Waals surface area contributed by atoms with Crippen LogP contribution >= 0.6 is 0 Å². The average molecular weight is 505 g/mol. The van der Waals surface area contributed by atoms with Crippen LogP contribution in [0.3, 0.4) is 0 Å². The van der Waals surface area contributed by atoms with Crippen LogP contribution in [0, 0.1) is 0 Å². The van der Waals surface area contributed by atoms with E-state index >= 15 is 0 Å². The highest BCUT2D eigenvalue weighted by molar-refractivity contribution is 6.36. The van der Waals surface area contributed by atoms with Crippen LogP contribution in [-0.2, 0) is 20.9 Å². The van der Waals surface area contributed by atoms with Gasteiger partial charge in [-0.15, -0.1) is 0 Å². The molecule has 0 heterocycles. The van der Waals surface area contributed by atoms with E-state index in [0.29, 0.717) is 23.7 Å². The summed E-state index contributed by atoms with van der Waals surface area (Å²) in [6.07, 6.45) is 0.887. The number of anilines is 2. The molecule has 2 amide bonds. The van der Waals surface area contributed by atoms with Gasteiger partial charge in [0.25, 0.3) is 0 Å². The zero-order valence-corrected chi connectivity index (χ0v) is 21.0. The quantitative estimate of drug-likeness (QED) is 0.321. The molecule has 9 nitrogen and oxygen atoms in total. The summed E-state index contributed by atoms with van der Waals surface area (Å²) in [6.45, 7) is 2.60. The molecule has 0 atom stereocenters. The number of aliphatic carboxylic acids is 1. The highest BCUT2D eigenvalue weighted by atomic mass is 16.5. The maximum absolute atomic E-state index is 12.4. The molecule has 0 aromatic heterocycles. The first kappa shape index (κ1) is 27.4. The van der Waals surface area contributed by atoms with Crippen molar-refractivity contribution in [1.29, 1.82) is 0 Å². The lowest BCUT2D eigenvalue weighted by atomic mass is 10.2. The van der Waals surface area contributed by atoms with Gasteiger partial charge < -0.3 is 25.4 Å². The fraction of sp³-hybridized carbons (Fsp3) is 0.250. The van der Waals surface area contributed by atoms with Crippen LogP contribution in [0.2, 0.25) is 0 Å². The molecule has 0 bridgehead atoms. The molecule has 3 N–H and O–H groups in total. The van der Waals surface area contributed by atoms with Gasteiger partial charge in [0.1, 0.15) is 11.5 Å². The van der Waals surface area contributed by atoms with Gasteiger partial charge >= 0.3 is 11.9 Å². The number of nitrogens with zero attached hydrogens (tertiary/aromatic N) is 2. The largest absolute Gasteiger partial charge is 0.474 e. The number of amides is 2. The Morgan fingerprint density at radius 1 is 0.757 bits per heavy atom. The highest BCUT2D eigenvalue weighted by Crippen LogP contribution is 2.22. The summed E-state index contributed by atoms with van der Waals surface area (Å²) >= 11 is 0. The van der Waals surface area contributed by atoms with Gasteiger partial charge in [-0.05, 0) is 87.7 Å². The SMILES string of the molecule is CN(CCCN(C)Cc1ccc(NC(=O)C(=O)O)cc1)CC(=O)Nc1ccc(Oc2ccccc2)cc1. The Morgan fingerprint density at radius 3 is 1.97 bits per heavy atom. The van der Waals surface area contributed by atoms with Crippen molar-refractivity contribution in [3.63, 3.8) is 0 Å². The van der Waals surface area contributed by atoms with E-state index in [9.17, 15) is 14.4 Å². The van der Waals surface area contributed by atoms with Crippen molar-refractivity contribution >= 4 is 29.2 Å². The highest BCUT2D eigenvalue weighted by Gasteiger charge is 2.11. The lowest BCUT2D eigenvalue weighted by Crippen LogP contribution is -2.32. The minimum Gasteiger partial charge on any atom is -0.474 e. The fourth-order valence-electron chi connectivity index (χ4n) is 3.63. The molecular formula is C28H32N4O5. The third-order valence-electron chi connectivity index (χ3n) is 5.47. The molecule has 0 radical (unpaired) electrons. The number of para-hydroxylation sites is 1. The van der Waals surface area contributed by atoms with E-state index in [4.69, 9.17) is 9.84 Å². The lowest BCUT2D eigenvalue weighted by Gasteiger charge is -2.20. The predicted octanol–water partition coefficient (Wildman–Crippen LogP) is 3.89. The molecule has 0 aliphatic carbocycles. The molecule has 3 rings (SSSR count). The second-order valence-corrected chi connectivity index (χ2v) is 8.77. The molecule has 0 fully saturated rings. The van der Waals surface area contributed by atoms with Gasteiger partial charge in [0.15, 0.2) is 0 Å². The number of carbonyl (C=O) groups is 3. The first-order chi connectivity index (χ1) is 17.8. The molecule has 0 spiro atoms. The van der Waals surface area contributed by atoms with Crippen molar-refractivity contribution in [1.82, 2.24) is 9.80 Å². The molecule has 0 unspecified atom stereocenters. The molecule has 0 aliphatic heterocycles. The fourth-order valence-corrected chi connectivity index (χ4v) is 3.63. The lowest BCUT2D eigenvalue weighted by molar-refractivity contribution is -0.147. The first-order valence-corrected chi connectivity index (χ1v) is 11.9. The normalized spacial score (nSPS) is 10.8. The van der Waals surface area contributed by atoms with E-state index in [2.05, 4.69) is 15.5 Å². The second-order valence-electron chi connectivity index (χ2n) is 8.77. The summed E-state index contributed by atoms with van der Waals surface area (Å²) in [6, 6.07) is 23.9. The van der Waals surface area contributed by atoms with Gasteiger partial charge in [-0.3, -0.25) is 14.5 Å². The third kappa shape index (κ3) is 9.75. The van der Waals surface area contributed by atoms with Gasteiger partial charge in [0, 0.05) is 17.9 Å². The number of carbonyl (C=O) groups excluding carboxylic acids is 2. The summed E-state index contributed by atoms with van der Waals surface area (Å²) in [7, 11) is 3.93. The zero-order chi connectivity index (χ0) is 26.6. The van der Waals surface area contributed by atoms with Crippen molar-refractivity contribution in [2.75, 3.05) is 44.4 Å². The Bertz CT molecular complexity index is 1170. The molecular weight excluding hydrogens is 472 g/mol. The van der Waals surface area contributed by atoms with Gasteiger partial charge in [-0.1, -0.05) is 30.3 Å². The Balaban J connectivity index is 1.33. The van der Waals surface area contributed by atoms with Gasteiger partial charge in [0.2, 0.25) is 5.91 Å². The van der Waals surface area contributed by atoms with Crippen LogP contribution < -0.4 is 15.4 Å². The summed E-state index contributed by atoms with van der Waals surface area (Å²) in [5.74, 6) is -1.20. The van der Waals surface area contributed by atoms with Crippen molar-refractivity contribution in [2.45, 2.75) is 13.0 Å². The van der Waals surface area contributed by atoms with Gasteiger partial charge in [0.05, 0.1) is 6.54 Å². The van der Waals surface area contributed by atoms with Crippen molar-refractivity contribution in [3.05, 3.63) is 84.4 Å². The maximum atomic E-state index is 12.4. The molecule has 194 valence electrons. The summed E-state index contributed by atoms with van der Waals surface area (Å²) in [5, 5.41) is 13.9. The number of benzene rings is 3. The minimum atomic E-state index is -1.52. The second kappa shape index (κ2) is 13.8. The van der Waals surface area contributed by atoms with E-state index in [1.807, 2.05) is 85.7 Å². The van der Waals surface area contributed by atoms with E-state index in [1.54, 1.807) is 12.1 Å². The third-order valence-corrected chi connectivity index (χ3v) is 5.47. The molecule has 3 aromatic carbocycles. The van der Waals surface area contributed by atoms with Crippen molar-refractivity contribution in [2.24, 2.45) is 0 Å².